The van der Waals surface area contributed by atoms with Gasteiger partial charge in [-0.2, -0.15) is 0 Å². The normalized spacial score (nSPS) is 11.2. The highest BCUT2D eigenvalue weighted by atomic mass is 35.5. The van der Waals surface area contributed by atoms with E-state index in [1.807, 2.05) is 60.7 Å². The molecule has 0 bridgehead atoms. The Balaban J connectivity index is 2.23. The molecule has 0 saturated heterocycles. The van der Waals surface area contributed by atoms with Crippen LogP contribution in [0.25, 0.3) is 0 Å². The highest BCUT2D eigenvalue weighted by molar-refractivity contribution is 6.32. The third kappa shape index (κ3) is 2.77. The second-order valence-corrected chi connectivity index (χ2v) is 5.77. The number of nitro benzene ring substituents is 1. The van der Waals surface area contributed by atoms with Gasteiger partial charge in [0.25, 0.3) is 5.69 Å². The number of benzene rings is 3. The molecule has 4 nitrogen and oxygen atoms in total. The smallest absolute Gasteiger partial charge is 0.287 e. The Labute approximate surface area is 144 Å². The number of nitrogens with zero attached hydrogens (tertiary/aromatic N) is 1. The molecule has 0 aliphatic rings. The summed E-state index contributed by atoms with van der Waals surface area (Å²) < 4.78 is 0. The molecule has 120 valence electrons. The highest BCUT2D eigenvalue weighted by Crippen LogP contribution is 2.39. The van der Waals surface area contributed by atoms with Crippen LogP contribution >= 0.6 is 11.6 Å². The Bertz CT molecular complexity index is 827. The predicted molar refractivity (Wildman–Crippen MR) is 93.1 cm³/mol. The number of hydrogen-bond donors (Lipinski definition) is 1. The van der Waals surface area contributed by atoms with E-state index in [4.69, 9.17) is 11.6 Å². The lowest BCUT2D eigenvalue weighted by atomic mass is 9.80. The molecule has 0 atom stereocenters. The standard InChI is InChI=1S/C19H14ClNO3/c20-17-13-16(11-12-18(17)21(23)24)19(22,14-7-3-1-4-8-14)15-9-5-2-6-10-15/h1-13,22H. The summed E-state index contributed by atoms with van der Waals surface area (Å²) in [5, 5.41) is 22.5. The van der Waals surface area contributed by atoms with Crippen molar-refractivity contribution in [2.24, 2.45) is 0 Å². The minimum atomic E-state index is -1.46. The van der Waals surface area contributed by atoms with Gasteiger partial charge in [0.15, 0.2) is 0 Å². The molecule has 0 fully saturated rings. The van der Waals surface area contributed by atoms with Crippen LogP contribution in [-0.2, 0) is 5.60 Å². The molecular formula is C19H14ClNO3. The molecule has 3 aromatic carbocycles. The van der Waals surface area contributed by atoms with Crippen LogP contribution in [0.15, 0.2) is 78.9 Å². The van der Waals surface area contributed by atoms with Crippen molar-refractivity contribution < 1.29 is 10.0 Å². The van der Waals surface area contributed by atoms with Crippen LogP contribution in [0.4, 0.5) is 5.69 Å². The summed E-state index contributed by atoms with van der Waals surface area (Å²) in [7, 11) is 0. The maximum absolute atomic E-state index is 11.6. The van der Waals surface area contributed by atoms with Crippen molar-refractivity contribution in [2.45, 2.75) is 5.60 Å². The zero-order valence-corrected chi connectivity index (χ0v) is 13.4. The summed E-state index contributed by atoms with van der Waals surface area (Å²) in [6.45, 7) is 0. The number of rotatable bonds is 4. The monoisotopic (exact) mass is 339 g/mol. The first-order valence-electron chi connectivity index (χ1n) is 7.31. The van der Waals surface area contributed by atoms with Crippen molar-refractivity contribution in [3.05, 3.63) is 111 Å². The molecule has 1 N–H and O–H groups in total. The molecule has 0 spiro atoms. The van der Waals surface area contributed by atoms with Crippen molar-refractivity contribution in [3.8, 4) is 0 Å². The lowest BCUT2D eigenvalue weighted by Gasteiger charge is -2.30. The van der Waals surface area contributed by atoms with Crippen LogP contribution < -0.4 is 0 Å². The maximum atomic E-state index is 11.6. The fraction of sp³-hybridized carbons (Fsp3) is 0.0526. The van der Waals surface area contributed by atoms with Crippen molar-refractivity contribution in [1.82, 2.24) is 0 Å². The van der Waals surface area contributed by atoms with Crippen LogP contribution in [-0.4, -0.2) is 10.0 Å². The molecule has 0 radical (unpaired) electrons. The molecular weight excluding hydrogens is 326 g/mol. The van der Waals surface area contributed by atoms with Gasteiger partial charge in [0, 0.05) is 6.07 Å². The maximum Gasteiger partial charge on any atom is 0.287 e. The van der Waals surface area contributed by atoms with Gasteiger partial charge in [-0.25, -0.2) is 0 Å². The molecule has 5 heteroatoms. The Morgan fingerprint density at radius 3 is 1.75 bits per heavy atom. The molecule has 0 saturated carbocycles. The minimum absolute atomic E-state index is 0.0113. The molecule has 24 heavy (non-hydrogen) atoms. The molecule has 0 aliphatic heterocycles. The van der Waals surface area contributed by atoms with Crippen LogP contribution in [0.2, 0.25) is 5.02 Å². The second kappa shape index (κ2) is 6.43. The summed E-state index contributed by atoms with van der Waals surface area (Å²) in [6.07, 6.45) is 0. The zero-order valence-electron chi connectivity index (χ0n) is 12.6. The highest BCUT2D eigenvalue weighted by Gasteiger charge is 2.34. The number of halogens is 1. The molecule has 0 heterocycles. The average molecular weight is 340 g/mol. The Morgan fingerprint density at radius 2 is 1.33 bits per heavy atom. The van der Waals surface area contributed by atoms with Crippen molar-refractivity contribution in [3.63, 3.8) is 0 Å². The van der Waals surface area contributed by atoms with Crippen LogP contribution in [0, 0.1) is 10.1 Å². The van der Waals surface area contributed by atoms with Gasteiger partial charge < -0.3 is 5.11 Å². The molecule has 3 rings (SSSR count). The van der Waals surface area contributed by atoms with E-state index in [-0.39, 0.29) is 10.7 Å². The van der Waals surface area contributed by atoms with Crippen molar-refractivity contribution >= 4 is 17.3 Å². The van der Waals surface area contributed by atoms with Crippen LogP contribution in [0.1, 0.15) is 16.7 Å². The van der Waals surface area contributed by atoms with Crippen LogP contribution in [0.3, 0.4) is 0 Å². The Morgan fingerprint density at radius 1 is 0.833 bits per heavy atom. The van der Waals surface area contributed by atoms with Gasteiger partial charge in [0.2, 0.25) is 0 Å². The zero-order chi connectivity index (χ0) is 17.2. The van der Waals surface area contributed by atoms with E-state index in [9.17, 15) is 15.2 Å². The number of nitro groups is 1. The average Bonchev–Trinajstić information content (AvgIpc) is 2.62. The van der Waals surface area contributed by atoms with Gasteiger partial charge in [-0.3, -0.25) is 10.1 Å². The summed E-state index contributed by atoms with van der Waals surface area (Å²) >= 11 is 6.05. The molecule has 3 aromatic rings. The third-order valence-electron chi connectivity index (χ3n) is 3.95. The quantitative estimate of drug-likeness (QED) is 0.431. The van der Waals surface area contributed by atoms with Gasteiger partial charge in [-0.05, 0) is 28.8 Å². The molecule has 0 amide bonds. The van der Waals surface area contributed by atoms with Gasteiger partial charge in [0.05, 0.1) is 4.92 Å². The van der Waals surface area contributed by atoms with E-state index in [0.717, 1.165) is 0 Å². The lowest BCUT2D eigenvalue weighted by molar-refractivity contribution is -0.384. The molecule has 0 unspecified atom stereocenters. The summed E-state index contributed by atoms with van der Waals surface area (Å²) in [4.78, 5) is 10.4. The van der Waals surface area contributed by atoms with Gasteiger partial charge >= 0.3 is 0 Å². The Hall–Kier alpha value is -2.69. The largest absolute Gasteiger partial charge is 0.376 e. The summed E-state index contributed by atoms with van der Waals surface area (Å²) in [6, 6.07) is 22.6. The molecule has 0 aliphatic carbocycles. The van der Waals surface area contributed by atoms with Crippen molar-refractivity contribution in [1.29, 1.82) is 0 Å². The SMILES string of the molecule is O=[N+]([O-])c1ccc(C(O)(c2ccccc2)c2ccccc2)cc1Cl. The van der Waals surface area contributed by atoms with E-state index < -0.39 is 10.5 Å². The van der Waals surface area contributed by atoms with E-state index in [1.54, 1.807) is 0 Å². The summed E-state index contributed by atoms with van der Waals surface area (Å²) in [5.41, 5.74) is 0.128. The van der Waals surface area contributed by atoms with Gasteiger partial charge in [-0.15, -0.1) is 0 Å². The van der Waals surface area contributed by atoms with E-state index in [0.29, 0.717) is 16.7 Å². The second-order valence-electron chi connectivity index (χ2n) is 5.37. The van der Waals surface area contributed by atoms with Gasteiger partial charge in [0.1, 0.15) is 10.6 Å². The third-order valence-corrected chi connectivity index (χ3v) is 4.25. The first kappa shape index (κ1) is 16.2. The minimum Gasteiger partial charge on any atom is -0.376 e. The topological polar surface area (TPSA) is 63.4 Å². The first-order valence-corrected chi connectivity index (χ1v) is 7.69. The summed E-state index contributed by atoms with van der Waals surface area (Å²) in [5.74, 6) is 0. The number of hydrogen-bond acceptors (Lipinski definition) is 3. The lowest BCUT2D eigenvalue weighted by Crippen LogP contribution is -2.28. The van der Waals surface area contributed by atoms with Gasteiger partial charge in [-0.1, -0.05) is 72.3 Å². The van der Waals surface area contributed by atoms with E-state index in [1.165, 1.54) is 18.2 Å². The Kier molecular flexibility index (Phi) is 4.34. The fourth-order valence-corrected chi connectivity index (χ4v) is 2.99. The first-order chi connectivity index (χ1) is 11.5. The predicted octanol–water partition coefficient (Wildman–Crippen LogP) is 4.53. The van der Waals surface area contributed by atoms with Crippen LogP contribution in [0.5, 0.6) is 0 Å². The fourth-order valence-electron chi connectivity index (χ4n) is 2.74. The number of aliphatic hydroxyl groups is 1. The van der Waals surface area contributed by atoms with Crippen molar-refractivity contribution in [2.75, 3.05) is 0 Å². The van der Waals surface area contributed by atoms with E-state index >= 15 is 0 Å². The molecule has 0 aromatic heterocycles. The van der Waals surface area contributed by atoms with E-state index in [2.05, 4.69) is 0 Å².